The van der Waals surface area contributed by atoms with Crippen LogP contribution in [0.4, 0.5) is 8.78 Å². The number of piperazine rings is 1. The van der Waals surface area contributed by atoms with E-state index in [0.29, 0.717) is 11.0 Å². The maximum Gasteiger partial charge on any atom is 0.145 e. The Morgan fingerprint density at radius 3 is 2.71 bits per heavy atom. The van der Waals surface area contributed by atoms with Gasteiger partial charge in [-0.3, -0.25) is 4.90 Å². The molecule has 0 bridgehead atoms. The molecule has 1 aliphatic heterocycles. The van der Waals surface area contributed by atoms with Crippen LogP contribution in [-0.2, 0) is 0 Å². The Labute approximate surface area is 133 Å². The van der Waals surface area contributed by atoms with Gasteiger partial charge in [0.1, 0.15) is 11.6 Å². The second-order valence-corrected chi connectivity index (χ2v) is 6.46. The molecule has 1 saturated heterocycles. The fourth-order valence-electron chi connectivity index (χ4n) is 2.88. The van der Waals surface area contributed by atoms with E-state index in [1.165, 1.54) is 12.1 Å². The molecule has 2 unspecified atom stereocenters. The molecule has 1 aliphatic rings. The molecule has 1 fully saturated rings. The average Bonchev–Trinajstić information content (AvgIpc) is 2.45. The van der Waals surface area contributed by atoms with Crippen molar-refractivity contribution in [3.8, 4) is 0 Å². The standard InChI is InChI=1S/C15H22BrF2N3/c1-4-19-15(12-9-20(2)7-8-21(12)3)13-11(17)6-5-10(16)14(13)18/h5-6,12,15,19H,4,7-9H2,1-3H3. The van der Waals surface area contributed by atoms with Gasteiger partial charge >= 0.3 is 0 Å². The van der Waals surface area contributed by atoms with Crippen LogP contribution in [-0.4, -0.2) is 56.1 Å². The van der Waals surface area contributed by atoms with Gasteiger partial charge in [-0.05, 0) is 48.7 Å². The van der Waals surface area contributed by atoms with Gasteiger partial charge in [-0.15, -0.1) is 0 Å². The summed E-state index contributed by atoms with van der Waals surface area (Å²) in [4.78, 5) is 4.37. The van der Waals surface area contributed by atoms with E-state index in [-0.39, 0.29) is 17.6 Å². The highest BCUT2D eigenvalue weighted by Gasteiger charge is 2.34. The van der Waals surface area contributed by atoms with Crippen molar-refractivity contribution in [2.75, 3.05) is 40.3 Å². The van der Waals surface area contributed by atoms with E-state index in [1.807, 2.05) is 21.0 Å². The monoisotopic (exact) mass is 361 g/mol. The van der Waals surface area contributed by atoms with Crippen molar-refractivity contribution in [2.45, 2.75) is 19.0 Å². The minimum Gasteiger partial charge on any atom is -0.309 e. The van der Waals surface area contributed by atoms with Gasteiger partial charge in [0, 0.05) is 31.2 Å². The molecule has 3 nitrogen and oxygen atoms in total. The van der Waals surface area contributed by atoms with Crippen LogP contribution in [0.5, 0.6) is 0 Å². The van der Waals surface area contributed by atoms with Crippen molar-refractivity contribution in [1.82, 2.24) is 15.1 Å². The molecule has 2 atom stereocenters. The number of hydrogen-bond donors (Lipinski definition) is 1. The summed E-state index contributed by atoms with van der Waals surface area (Å²) in [6, 6.07) is 2.38. The zero-order valence-corrected chi connectivity index (χ0v) is 14.3. The molecule has 0 spiro atoms. The molecule has 0 radical (unpaired) electrons. The third kappa shape index (κ3) is 3.62. The normalized spacial score (nSPS) is 22.5. The van der Waals surface area contributed by atoms with Gasteiger partial charge in [-0.1, -0.05) is 6.92 Å². The van der Waals surface area contributed by atoms with Gasteiger partial charge in [0.15, 0.2) is 0 Å². The lowest BCUT2D eigenvalue weighted by atomic mass is 9.95. The summed E-state index contributed by atoms with van der Waals surface area (Å²) >= 11 is 3.16. The van der Waals surface area contributed by atoms with Gasteiger partial charge < -0.3 is 10.2 Å². The summed E-state index contributed by atoms with van der Waals surface area (Å²) in [5, 5.41) is 3.26. The Balaban J connectivity index is 2.41. The Hall–Kier alpha value is -0.560. The summed E-state index contributed by atoms with van der Waals surface area (Å²) in [5.74, 6) is -1.01. The SMILES string of the molecule is CCNC(c1c(F)ccc(Br)c1F)C1CN(C)CCN1C. The van der Waals surface area contributed by atoms with E-state index in [9.17, 15) is 8.78 Å². The zero-order valence-electron chi connectivity index (χ0n) is 12.7. The summed E-state index contributed by atoms with van der Waals surface area (Å²) in [6.45, 7) is 5.24. The molecular weight excluding hydrogens is 340 g/mol. The van der Waals surface area contributed by atoms with Gasteiger partial charge in [0.25, 0.3) is 0 Å². The molecule has 1 aromatic carbocycles. The first kappa shape index (κ1) is 16.8. The largest absolute Gasteiger partial charge is 0.309 e. The molecule has 1 N–H and O–H groups in total. The van der Waals surface area contributed by atoms with Crippen LogP contribution in [0.3, 0.4) is 0 Å². The van der Waals surface area contributed by atoms with E-state index < -0.39 is 11.6 Å². The minimum atomic E-state index is -0.512. The molecule has 1 aromatic rings. The third-order valence-electron chi connectivity index (χ3n) is 4.10. The van der Waals surface area contributed by atoms with Crippen LogP contribution in [0.1, 0.15) is 18.5 Å². The van der Waals surface area contributed by atoms with Crippen molar-refractivity contribution in [3.05, 3.63) is 33.8 Å². The highest BCUT2D eigenvalue weighted by Crippen LogP contribution is 2.31. The van der Waals surface area contributed by atoms with E-state index in [0.717, 1.165) is 19.6 Å². The van der Waals surface area contributed by atoms with E-state index in [2.05, 4.69) is 31.0 Å². The predicted molar refractivity (Wildman–Crippen MR) is 84.4 cm³/mol. The topological polar surface area (TPSA) is 18.5 Å². The number of likely N-dealkylation sites (N-methyl/N-ethyl adjacent to an activating group) is 3. The molecule has 0 aliphatic carbocycles. The molecule has 2 rings (SSSR count). The highest BCUT2D eigenvalue weighted by molar-refractivity contribution is 9.10. The van der Waals surface area contributed by atoms with Gasteiger partial charge in [-0.25, -0.2) is 8.78 Å². The van der Waals surface area contributed by atoms with E-state index in [4.69, 9.17) is 0 Å². The lowest BCUT2D eigenvalue weighted by molar-refractivity contribution is 0.0860. The lowest BCUT2D eigenvalue weighted by Gasteiger charge is -2.42. The Kier molecular flexibility index (Phi) is 5.71. The molecule has 1 heterocycles. The molecule has 118 valence electrons. The van der Waals surface area contributed by atoms with Crippen LogP contribution in [0, 0.1) is 11.6 Å². The molecule has 6 heteroatoms. The van der Waals surface area contributed by atoms with Gasteiger partial charge in [0.05, 0.1) is 10.5 Å². The van der Waals surface area contributed by atoms with Crippen LogP contribution in [0.15, 0.2) is 16.6 Å². The Bertz CT molecular complexity index is 498. The van der Waals surface area contributed by atoms with Crippen molar-refractivity contribution >= 4 is 15.9 Å². The van der Waals surface area contributed by atoms with Crippen LogP contribution >= 0.6 is 15.9 Å². The summed E-state index contributed by atoms with van der Waals surface area (Å²) in [7, 11) is 4.05. The predicted octanol–water partition coefficient (Wildman–Crippen LogP) is 2.62. The van der Waals surface area contributed by atoms with Crippen LogP contribution in [0.2, 0.25) is 0 Å². The Morgan fingerprint density at radius 2 is 2.05 bits per heavy atom. The fraction of sp³-hybridized carbons (Fsp3) is 0.600. The number of halogens is 3. The molecule has 21 heavy (non-hydrogen) atoms. The first-order valence-electron chi connectivity index (χ1n) is 7.21. The molecule has 0 aromatic heterocycles. The highest BCUT2D eigenvalue weighted by atomic mass is 79.9. The fourth-order valence-corrected chi connectivity index (χ4v) is 3.23. The third-order valence-corrected chi connectivity index (χ3v) is 4.71. The Morgan fingerprint density at radius 1 is 1.33 bits per heavy atom. The number of benzene rings is 1. The minimum absolute atomic E-state index is 0.0296. The van der Waals surface area contributed by atoms with Gasteiger partial charge in [-0.2, -0.15) is 0 Å². The molecular formula is C15H22BrF2N3. The second-order valence-electron chi connectivity index (χ2n) is 5.60. The van der Waals surface area contributed by atoms with Crippen molar-refractivity contribution in [3.63, 3.8) is 0 Å². The maximum absolute atomic E-state index is 14.5. The van der Waals surface area contributed by atoms with Crippen LogP contribution in [0.25, 0.3) is 0 Å². The maximum atomic E-state index is 14.5. The lowest BCUT2D eigenvalue weighted by Crippen LogP contribution is -2.55. The number of rotatable bonds is 4. The number of nitrogens with zero attached hydrogens (tertiary/aromatic N) is 2. The van der Waals surface area contributed by atoms with Crippen LogP contribution < -0.4 is 5.32 Å². The second kappa shape index (κ2) is 7.13. The first-order valence-corrected chi connectivity index (χ1v) is 8.00. The molecule has 0 amide bonds. The average molecular weight is 362 g/mol. The first-order chi connectivity index (χ1) is 9.95. The molecule has 0 saturated carbocycles. The summed E-state index contributed by atoms with van der Waals surface area (Å²) < 4.78 is 29.0. The smallest absolute Gasteiger partial charge is 0.145 e. The van der Waals surface area contributed by atoms with Crippen molar-refractivity contribution in [1.29, 1.82) is 0 Å². The summed E-state index contributed by atoms with van der Waals surface area (Å²) in [5.41, 5.74) is 0.123. The summed E-state index contributed by atoms with van der Waals surface area (Å²) in [6.07, 6.45) is 0. The van der Waals surface area contributed by atoms with Crippen molar-refractivity contribution in [2.24, 2.45) is 0 Å². The van der Waals surface area contributed by atoms with Crippen molar-refractivity contribution < 1.29 is 8.78 Å². The number of hydrogen-bond acceptors (Lipinski definition) is 3. The quantitative estimate of drug-likeness (QED) is 0.831. The number of nitrogens with one attached hydrogen (secondary N) is 1. The van der Waals surface area contributed by atoms with E-state index in [1.54, 1.807) is 0 Å². The van der Waals surface area contributed by atoms with E-state index >= 15 is 0 Å². The van der Waals surface area contributed by atoms with Gasteiger partial charge in [0.2, 0.25) is 0 Å². The zero-order chi connectivity index (χ0) is 15.6.